The number of carbonyl (C=O) groups is 1. The number of rotatable bonds is 5. The highest BCUT2D eigenvalue weighted by Crippen LogP contribution is 2.23. The molecule has 1 amide bonds. The van der Waals surface area contributed by atoms with E-state index in [1.54, 1.807) is 6.07 Å². The first-order valence-corrected chi connectivity index (χ1v) is 9.05. The van der Waals surface area contributed by atoms with Crippen LogP contribution in [-0.2, 0) is 0 Å². The third-order valence-electron chi connectivity index (χ3n) is 4.34. The summed E-state index contributed by atoms with van der Waals surface area (Å²) in [5, 5.41) is 2.97. The van der Waals surface area contributed by atoms with E-state index in [1.165, 1.54) is 0 Å². The van der Waals surface area contributed by atoms with E-state index in [2.05, 4.69) is 15.3 Å². The van der Waals surface area contributed by atoms with E-state index in [1.807, 2.05) is 81.1 Å². The molecule has 0 fully saturated rings. The zero-order valence-corrected chi connectivity index (χ0v) is 16.2. The van der Waals surface area contributed by atoms with Crippen LogP contribution in [0.15, 0.2) is 54.6 Å². The van der Waals surface area contributed by atoms with Gasteiger partial charge in [0.05, 0.1) is 0 Å². The molecule has 0 saturated carbocycles. The van der Waals surface area contributed by atoms with Crippen molar-refractivity contribution >= 4 is 23.2 Å². The minimum atomic E-state index is -0.237. The number of anilines is 3. The quantitative estimate of drug-likeness (QED) is 0.709. The monoisotopic (exact) mass is 360 g/mol. The molecule has 0 bridgehead atoms. The molecule has 5 heteroatoms. The Kier molecular flexibility index (Phi) is 5.50. The molecule has 5 nitrogen and oxygen atoms in total. The van der Waals surface area contributed by atoms with Gasteiger partial charge < -0.3 is 10.2 Å². The third-order valence-corrected chi connectivity index (χ3v) is 4.34. The number of nitrogens with zero attached hydrogens (tertiary/aromatic N) is 3. The molecule has 0 radical (unpaired) electrons. The van der Waals surface area contributed by atoms with Crippen LogP contribution in [-0.4, -0.2) is 22.4 Å². The first-order chi connectivity index (χ1) is 13.0. The number of aryl methyl sites for hydroxylation is 3. The normalized spacial score (nSPS) is 10.5. The summed E-state index contributed by atoms with van der Waals surface area (Å²) >= 11 is 0. The summed E-state index contributed by atoms with van der Waals surface area (Å²) in [6.07, 6.45) is 0. The maximum atomic E-state index is 12.8. The maximum Gasteiger partial charge on any atom is 0.274 e. The van der Waals surface area contributed by atoms with Gasteiger partial charge in [-0.3, -0.25) is 4.79 Å². The van der Waals surface area contributed by atoms with Gasteiger partial charge in [-0.25, -0.2) is 9.97 Å². The Hall–Kier alpha value is -3.21. The molecule has 0 aliphatic rings. The second-order valence-corrected chi connectivity index (χ2v) is 6.55. The molecular formula is C22H24N4O. The number of para-hydroxylation sites is 1. The molecule has 0 unspecified atom stereocenters. The Balaban J connectivity index is 1.93. The van der Waals surface area contributed by atoms with Gasteiger partial charge in [-0.2, -0.15) is 0 Å². The molecule has 1 heterocycles. The molecule has 138 valence electrons. The average Bonchev–Trinajstić information content (AvgIpc) is 2.66. The first kappa shape index (κ1) is 18.6. The Morgan fingerprint density at radius 2 is 1.74 bits per heavy atom. The largest absolute Gasteiger partial charge is 0.320 e. The standard InChI is InChI=1S/C22H24N4O/c1-5-26(18-9-7-6-8-10-18)22-23-17(4)14-20(25-22)21(27)24-19-13-15(2)11-12-16(19)3/h6-14H,5H2,1-4H3,(H,24,27). The van der Waals surface area contributed by atoms with Crippen LogP contribution in [0.1, 0.15) is 34.2 Å². The summed E-state index contributed by atoms with van der Waals surface area (Å²) in [5.41, 5.74) is 5.00. The van der Waals surface area contributed by atoms with Crippen LogP contribution >= 0.6 is 0 Å². The zero-order chi connectivity index (χ0) is 19.4. The van der Waals surface area contributed by atoms with E-state index >= 15 is 0 Å². The number of hydrogen-bond acceptors (Lipinski definition) is 4. The summed E-state index contributed by atoms with van der Waals surface area (Å²) in [4.78, 5) is 23.9. The van der Waals surface area contributed by atoms with Crippen LogP contribution in [0.5, 0.6) is 0 Å². The number of benzene rings is 2. The van der Waals surface area contributed by atoms with Gasteiger partial charge >= 0.3 is 0 Å². The number of hydrogen-bond donors (Lipinski definition) is 1. The van der Waals surface area contributed by atoms with Crippen molar-refractivity contribution in [1.29, 1.82) is 0 Å². The molecular weight excluding hydrogens is 336 g/mol. The highest BCUT2D eigenvalue weighted by atomic mass is 16.1. The first-order valence-electron chi connectivity index (χ1n) is 9.05. The Morgan fingerprint density at radius 1 is 1.00 bits per heavy atom. The lowest BCUT2D eigenvalue weighted by Crippen LogP contribution is -2.22. The van der Waals surface area contributed by atoms with Crippen molar-refractivity contribution in [3.05, 3.63) is 77.1 Å². The van der Waals surface area contributed by atoms with E-state index in [0.717, 1.165) is 28.2 Å². The molecule has 27 heavy (non-hydrogen) atoms. The second kappa shape index (κ2) is 7.99. The number of amides is 1. The molecule has 3 rings (SSSR count). The van der Waals surface area contributed by atoms with Gasteiger partial charge in [0.15, 0.2) is 0 Å². The van der Waals surface area contributed by atoms with Crippen molar-refractivity contribution in [2.45, 2.75) is 27.7 Å². The fourth-order valence-electron chi connectivity index (χ4n) is 2.89. The van der Waals surface area contributed by atoms with Crippen molar-refractivity contribution in [3.8, 4) is 0 Å². The Bertz CT molecular complexity index is 954. The molecule has 2 aromatic carbocycles. The third kappa shape index (κ3) is 4.31. The van der Waals surface area contributed by atoms with Crippen LogP contribution < -0.4 is 10.2 Å². The summed E-state index contributed by atoms with van der Waals surface area (Å²) in [6, 6.07) is 17.6. The zero-order valence-electron chi connectivity index (χ0n) is 16.2. The Labute approximate surface area is 160 Å². The van der Waals surface area contributed by atoms with Gasteiger partial charge in [-0.05, 0) is 63.1 Å². The lowest BCUT2D eigenvalue weighted by atomic mass is 10.1. The topological polar surface area (TPSA) is 58.1 Å². The van der Waals surface area contributed by atoms with E-state index in [0.29, 0.717) is 18.2 Å². The summed E-state index contributed by atoms with van der Waals surface area (Å²) < 4.78 is 0. The van der Waals surface area contributed by atoms with Crippen LogP contribution in [0.25, 0.3) is 0 Å². The van der Waals surface area contributed by atoms with Gasteiger partial charge in [0.25, 0.3) is 5.91 Å². The second-order valence-electron chi connectivity index (χ2n) is 6.55. The molecule has 0 aliphatic heterocycles. The van der Waals surface area contributed by atoms with E-state index in [4.69, 9.17) is 0 Å². The summed E-state index contributed by atoms with van der Waals surface area (Å²) in [7, 11) is 0. The smallest absolute Gasteiger partial charge is 0.274 e. The Morgan fingerprint density at radius 3 is 2.44 bits per heavy atom. The van der Waals surface area contributed by atoms with Crippen LogP contribution in [0.2, 0.25) is 0 Å². The molecule has 1 N–H and O–H groups in total. The summed E-state index contributed by atoms with van der Waals surface area (Å²) in [6.45, 7) is 8.58. The maximum absolute atomic E-state index is 12.8. The number of carbonyl (C=O) groups excluding carboxylic acids is 1. The van der Waals surface area contributed by atoms with E-state index in [9.17, 15) is 4.79 Å². The van der Waals surface area contributed by atoms with E-state index in [-0.39, 0.29) is 5.91 Å². The number of aromatic nitrogens is 2. The van der Waals surface area contributed by atoms with Crippen molar-refractivity contribution in [2.75, 3.05) is 16.8 Å². The average molecular weight is 360 g/mol. The molecule has 1 aromatic heterocycles. The predicted molar refractivity (Wildman–Crippen MR) is 110 cm³/mol. The molecule has 3 aromatic rings. The highest BCUT2D eigenvalue weighted by Gasteiger charge is 2.16. The van der Waals surface area contributed by atoms with Gasteiger partial charge in [-0.15, -0.1) is 0 Å². The van der Waals surface area contributed by atoms with Crippen molar-refractivity contribution in [3.63, 3.8) is 0 Å². The van der Waals surface area contributed by atoms with Crippen LogP contribution in [0.4, 0.5) is 17.3 Å². The van der Waals surface area contributed by atoms with Gasteiger partial charge in [0, 0.05) is 23.6 Å². The minimum absolute atomic E-state index is 0.237. The van der Waals surface area contributed by atoms with Gasteiger partial charge in [0.1, 0.15) is 5.69 Å². The van der Waals surface area contributed by atoms with Crippen LogP contribution in [0.3, 0.4) is 0 Å². The SMILES string of the molecule is CCN(c1ccccc1)c1nc(C)cc(C(=O)Nc2cc(C)ccc2C)n1. The van der Waals surface area contributed by atoms with Gasteiger partial charge in [-0.1, -0.05) is 30.3 Å². The van der Waals surface area contributed by atoms with Crippen molar-refractivity contribution in [2.24, 2.45) is 0 Å². The van der Waals surface area contributed by atoms with Crippen LogP contribution in [0, 0.1) is 20.8 Å². The molecule has 0 saturated heterocycles. The fourth-order valence-corrected chi connectivity index (χ4v) is 2.89. The van der Waals surface area contributed by atoms with E-state index < -0.39 is 0 Å². The molecule has 0 spiro atoms. The van der Waals surface area contributed by atoms with Crippen molar-refractivity contribution in [1.82, 2.24) is 9.97 Å². The lowest BCUT2D eigenvalue weighted by Gasteiger charge is -2.21. The fraction of sp³-hybridized carbons (Fsp3) is 0.227. The molecule has 0 atom stereocenters. The molecule has 0 aliphatic carbocycles. The predicted octanol–water partition coefficient (Wildman–Crippen LogP) is 4.81. The van der Waals surface area contributed by atoms with Crippen molar-refractivity contribution < 1.29 is 4.79 Å². The minimum Gasteiger partial charge on any atom is -0.320 e. The lowest BCUT2D eigenvalue weighted by molar-refractivity contribution is 0.102. The van der Waals surface area contributed by atoms with Gasteiger partial charge in [0.2, 0.25) is 5.95 Å². The highest BCUT2D eigenvalue weighted by molar-refractivity contribution is 6.03. The summed E-state index contributed by atoms with van der Waals surface area (Å²) in [5.74, 6) is 0.286. The number of nitrogens with one attached hydrogen (secondary N) is 1.